The van der Waals surface area contributed by atoms with Gasteiger partial charge in [-0.25, -0.2) is 0 Å². The fraction of sp³-hybridized carbons (Fsp3) is 0.412. The zero-order valence-corrected chi connectivity index (χ0v) is 12.1. The van der Waals surface area contributed by atoms with E-state index in [-0.39, 0.29) is 5.97 Å². The van der Waals surface area contributed by atoms with Crippen LogP contribution >= 0.6 is 0 Å². The van der Waals surface area contributed by atoms with Crippen LogP contribution in [0, 0.1) is 39.9 Å². The molecular formula is C17H17N2O2. The molecule has 0 bridgehead atoms. The van der Waals surface area contributed by atoms with Crippen molar-refractivity contribution in [2.45, 2.75) is 25.7 Å². The molecule has 4 heteroatoms. The van der Waals surface area contributed by atoms with E-state index < -0.39 is 10.8 Å². The average Bonchev–Trinajstić information content (AvgIpc) is 2.99. The lowest BCUT2D eigenvalue weighted by molar-refractivity contribution is -0.150. The molecule has 2 aliphatic rings. The minimum atomic E-state index is -1.10. The first-order valence-corrected chi connectivity index (χ1v) is 6.82. The number of nitriles is 2. The van der Waals surface area contributed by atoms with E-state index in [1.165, 1.54) is 7.11 Å². The number of carbonyl (C=O) groups excluding carboxylic acids is 1. The lowest BCUT2D eigenvalue weighted by Crippen LogP contribution is -2.34. The summed E-state index contributed by atoms with van der Waals surface area (Å²) < 4.78 is 5.01. The first-order valence-electron chi connectivity index (χ1n) is 6.82. The molecule has 0 spiro atoms. The molecule has 1 saturated carbocycles. The predicted molar refractivity (Wildman–Crippen MR) is 77.2 cm³/mol. The summed E-state index contributed by atoms with van der Waals surface area (Å²) in [6.45, 7) is 3.98. The Kier molecular flexibility index (Phi) is 4.00. The molecule has 4 nitrogen and oxygen atoms in total. The summed E-state index contributed by atoms with van der Waals surface area (Å²) in [4.78, 5) is 12.4. The minimum absolute atomic E-state index is 0.305. The van der Waals surface area contributed by atoms with Crippen molar-refractivity contribution >= 4 is 5.97 Å². The fourth-order valence-electron chi connectivity index (χ4n) is 3.16. The van der Waals surface area contributed by atoms with Crippen LogP contribution in [0.5, 0.6) is 0 Å². The molecular weight excluding hydrogens is 264 g/mol. The van der Waals surface area contributed by atoms with Gasteiger partial charge in [0, 0.05) is 6.42 Å². The number of carbonyl (C=O) groups is 1. The average molecular weight is 281 g/mol. The summed E-state index contributed by atoms with van der Waals surface area (Å²) >= 11 is 0. The maximum absolute atomic E-state index is 12.4. The second-order valence-corrected chi connectivity index (χ2v) is 5.66. The van der Waals surface area contributed by atoms with Gasteiger partial charge in [-0.2, -0.15) is 10.5 Å². The maximum atomic E-state index is 12.4. The van der Waals surface area contributed by atoms with E-state index in [2.05, 4.69) is 18.7 Å². The second kappa shape index (κ2) is 5.58. The molecule has 2 aliphatic carbocycles. The molecule has 0 heterocycles. The maximum Gasteiger partial charge on any atom is 0.316 e. The summed E-state index contributed by atoms with van der Waals surface area (Å²) in [6, 6.07) is 4.21. The SMILES string of the molecule is C=C1CC(C#N)(C#N)CC[C@@](C(=O)OC)(C2=C[CH]C=C2)C1. The number of methoxy groups -OCH3 is 1. The highest BCUT2D eigenvalue weighted by atomic mass is 16.5. The number of ether oxygens (including phenoxy) is 1. The molecule has 0 aromatic carbocycles. The van der Waals surface area contributed by atoms with Crippen molar-refractivity contribution in [2.75, 3.05) is 7.11 Å². The third-order valence-electron chi connectivity index (χ3n) is 4.30. The van der Waals surface area contributed by atoms with Gasteiger partial charge >= 0.3 is 5.97 Å². The highest BCUT2D eigenvalue weighted by Crippen LogP contribution is 2.50. The van der Waals surface area contributed by atoms with Gasteiger partial charge in [0.1, 0.15) is 5.41 Å². The Labute approximate surface area is 125 Å². The van der Waals surface area contributed by atoms with E-state index in [1.54, 1.807) is 0 Å². The van der Waals surface area contributed by atoms with Gasteiger partial charge in [-0.05, 0) is 31.3 Å². The molecule has 0 unspecified atom stereocenters. The van der Waals surface area contributed by atoms with E-state index in [0.29, 0.717) is 25.7 Å². The summed E-state index contributed by atoms with van der Waals surface area (Å²) in [6.07, 6.45) is 8.97. The van der Waals surface area contributed by atoms with Crippen LogP contribution < -0.4 is 0 Å². The van der Waals surface area contributed by atoms with Crippen LogP contribution in [0.2, 0.25) is 0 Å². The minimum Gasteiger partial charge on any atom is -0.468 e. The predicted octanol–water partition coefficient (Wildman–Crippen LogP) is 3.01. The van der Waals surface area contributed by atoms with Gasteiger partial charge in [0.05, 0.1) is 24.7 Å². The Bertz CT molecular complexity index is 602. The zero-order valence-electron chi connectivity index (χ0n) is 12.1. The Morgan fingerprint density at radius 2 is 2.05 bits per heavy atom. The number of nitrogens with zero attached hydrogens (tertiary/aromatic N) is 2. The van der Waals surface area contributed by atoms with Crippen LogP contribution in [-0.2, 0) is 9.53 Å². The van der Waals surface area contributed by atoms with Gasteiger partial charge in [0.15, 0.2) is 0 Å². The van der Waals surface area contributed by atoms with Gasteiger partial charge in [-0.1, -0.05) is 30.4 Å². The number of allylic oxidation sites excluding steroid dienone is 4. The smallest absolute Gasteiger partial charge is 0.316 e. The topological polar surface area (TPSA) is 73.9 Å². The van der Waals surface area contributed by atoms with Crippen molar-refractivity contribution in [1.82, 2.24) is 0 Å². The van der Waals surface area contributed by atoms with Gasteiger partial charge in [-0.3, -0.25) is 4.79 Å². The van der Waals surface area contributed by atoms with E-state index in [4.69, 9.17) is 4.74 Å². The molecule has 0 amide bonds. The van der Waals surface area contributed by atoms with Crippen molar-refractivity contribution in [3.8, 4) is 12.1 Å². The monoisotopic (exact) mass is 281 g/mol. The molecule has 0 saturated heterocycles. The highest BCUT2D eigenvalue weighted by Gasteiger charge is 2.48. The molecule has 0 aliphatic heterocycles. The lowest BCUT2D eigenvalue weighted by Gasteiger charge is -2.31. The Morgan fingerprint density at radius 3 is 2.57 bits per heavy atom. The second-order valence-electron chi connectivity index (χ2n) is 5.66. The van der Waals surface area contributed by atoms with Crippen molar-refractivity contribution in [3.05, 3.63) is 42.4 Å². The van der Waals surface area contributed by atoms with Gasteiger partial charge in [-0.15, -0.1) is 0 Å². The zero-order chi connectivity index (χ0) is 15.5. The number of hydrogen-bond donors (Lipinski definition) is 0. The summed E-state index contributed by atoms with van der Waals surface area (Å²) in [7, 11) is 1.36. The number of rotatable bonds is 2. The molecule has 0 aromatic rings. The van der Waals surface area contributed by atoms with Crippen molar-refractivity contribution in [2.24, 2.45) is 10.8 Å². The fourth-order valence-corrected chi connectivity index (χ4v) is 3.16. The summed E-state index contributed by atoms with van der Waals surface area (Å²) in [5, 5.41) is 18.7. The van der Waals surface area contributed by atoms with Gasteiger partial charge < -0.3 is 4.74 Å². The molecule has 1 radical (unpaired) electrons. The Balaban J connectivity index is 2.46. The lowest BCUT2D eigenvalue weighted by atomic mass is 9.72. The van der Waals surface area contributed by atoms with Crippen LogP contribution in [0.4, 0.5) is 0 Å². The first kappa shape index (κ1) is 15.1. The van der Waals surface area contributed by atoms with E-state index in [9.17, 15) is 15.3 Å². The largest absolute Gasteiger partial charge is 0.468 e. The van der Waals surface area contributed by atoms with Crippen LogP contribution in [0.25, 0.3) is 0 Å². The molecule has 107 valence electrons. The molecule has 1 fully saturated rings. The molecule has 0 N–H and O–H groups in total. The number of esters is 1. The van der Waals surface area contributed by atoms with Crippen molar-refractivity contribution in [1.29, 1.82) is 10.5 Å². The third-order valence-corrected chi connectivity index (χ3v) is 4.30. The normalized spacial score (nSPS) is 27.2. The van der Waals surface area contributed by atoms with E-state index in [0.717, 1.165) is 11.1 Å². The van der Waals surface area contributed by atoms with E-state index in [1.807, 2.05) is 24.6 Å². The summed E-state index contributed by atoms with van der Waals surface area (Å²) in [5.74, 6) is -0.332. The van der Waals surface area contributed by atoms with E-state index >= 15 is 0 Å². The summed E-state index contributed by atoms with van der Waals surface area (Å²) in [5.41, 5.74) is -0.339. The van der Waals surface area contributed by atoms with Crippen LogP contribution in [0.1, 0.15) is 25.7 Å². The van der Waals surface area contributed by atoms with Crippen molar-refractivity contribution < 1.29 is 9.53 Å². The standard InChI is InChI=1S/C17H17N2O2/c1-13-9-16(11-18,12-19)7-8-17(10-13,15(20)21-2)14-5-3-4-6-14/h3-6H,1,7-10H2,2H3/t17-/m0/s1. The molecule has 21 heavy (non-hydrogen) atoms. The molecule has 1 atom stereocenters. The quantitative estimate of drug-likeness (QED) is 0.443. The third kappa shape index (κ3) is 2.50. The molecule has 2 rings (SSSR count). The Hall–Kier alpha value is -2.33. The molecule has 0 aromatic heterocycles. The van der Waals surface area contributed by atoms with Crippen LogP contribution in [-0.4, -0.2) is 13.1 Å². The first-order chi connectivity index (χ1) is 10.0. The van der Waals surface area contributed by atoms with Crippen LogP contribution in [0.3, 0.4) is 0 Å². The van der Waals surface area contributed by atoms with Crippen LogP contribution in [0.15, 0.2) is 36.0 Å². The number of hydrogen-bond acceptors (Lipinski definition) is 4. The van der Waals surface area contributed by atoms with Crippen molar-refractivity contribution in [3.63, 3.8) is 0 Å². The van der Waals surface area contributed by atoms with Gasteiger partial charge in [0.25, 0.3) is 0 Å². The van der Waals surface area contributed by atoms with Gasteiger partial charge in [0.2, 0.25) is 0 Å². The Morgan fingerprint density at radius 1 is 1.33 bits per heavy atom. The highest BCUT2D eigenvalue weighted by molar-refractivity contribution is 5.82.